The molecule has 8 heteroatoms. The normalized spacial score (nSPS) is 19.9. The smallest absolute Gasteiger partial charge is 0.251 e. The van der Waals surface area contributed by atoms with Crippen LogP contribution in [0.2, 0.25) is 0 Å². The van der Waals surface area contributed by atoms with Gasteiger partial charge in [0.1, 0.15) is 10.7 Å². The summed E-state index contributed by atoms with van der Waals surface area (Å²) in [5.41, 5.74) is 0.153. The van der Waals surface area contributed by atoms with E-state index >= 15 is 0 Å². The van der Waals surface area contributed by atoms with Gasteiger partial charge in [-0.1, -0.05) is 0 Å². The van der Waals surface area contributed by atoms with Crippen LogP contribution in [0.15, 0.2) is 23.1 Å². The molecule has 1 saturated carbocycles. The number of amides is 1. The van der Waals surface area contributed by atoms with Crippen molar-refractivity contribution in [3.63, 3.8) is 0 Å². The third-order valence-electron chi connectivity index (χ3n) is 3.69. The molecule has 2 aliphatic rings. The van der Waals surface area contributed by atoms with Crippen molar-refractivity contribution < 1.29 is 22.3 Å². The summed E-state index contributed by atoms with van der Waals surface area (Å²) in [5, 5.41) is 2.76. The summed E-state index contributed by atoms with van der Waals surface area (Å²) in [5.74, 6) is -1.23. The Balaban J connectivity index is 1.89. The minimum absolute atomic E-state index is 0.150. The highest BCUT2D eigenvalue weighted by atomic mass is 32.2. The number of nitrogens with one attached hydrogen (secondary N) is 1. The van der Waals surface area contributed by atoms with Gasteiger partial charge in [-0.05, 0) is 31.0 Å². The Morgan fingerprint density at radius 2 is 1.95 bits per heavy atom. The van der Waals surface area contributed by atoms with Crippen LogP contribution < -0.4 is 5.32 Å². The average molecular weight is 328 g/mol. The molecular formula is C14H17FN2O4S. The van der Waals surface area contributed by atoms with Gasteiger partial charge < -0.3 is 10.1 Å². The first-order valence-electron chi connectivity index (χ1n) is 7.17. The van der Waals surface area contributed by atoms with E-state index in [4.69, 9.17) is 4.74 Å². The lowest BCUT2D eigenvalue weighted by atomic mass is 10.2. The maximum absolute atomic E-state index is 14.0. The van der Waals surface area contributed by atoms with E-state index in [0.29, 0.717) is 0 Å². The summed E-state index contributed by atoms with van der Waals surface area (Å²) >= 11 is 0. The molecule has 0 bridgehead atoms. The van der Waals surface area contributed by atoms with Gasteiger partial charge in [-0.15, -0.1) is 0 Å². The zero-order valence-electron chi connectivity index (χ0n) is 11.9. The van der Waals surface area contributed by atoms with Crippen LogP contribution in [-0.4, -0.2) is 51.0 Å². The Hall–Kier alpha value is -1.51. The molecule has 1 aromatic rings. The van der Waals surface area contributed by atoms with E-state index in [2.05, 4.69) is 5.32 Å². The first-order valence-corrected chi connectivity index (χ1v) is 8.61. The molecule has 1 aromatic carbocycles. The summed E-state index contributed by atoms with van der Waals surface area (Å²) in [4.78, 5) is 11.5. The first kappa shape index (κ1) is 15.4. The predicted octanol–water partition coefficient (Wildman–Crippen LogP) is 0.739. The second kappa shape index (κ2) is 5.94. The maximum Gasteiger partial charge on any atom is 0.251 e. The predicted molar refractivity (Wildman–Crippen MR) is 76.5 cm³/mol. The van der Waals surface area contributed by atoms with Crippen molar-refractivity contribution in [3.8, 4) is 0 Å². The van der Waals surface area contributed by atoms with Crippen LogP contribution >= 0.6 is 0 Å². The second-order valence-electron chi connectivity index (χ2n) is 5.41. The Bertz CT molecular complexity index is 682. The number of morpholine rings is 1. The van der Waals surface area contributed by atoms with Crippen LogP contribution in [0.5, 0.6) is 0 Å². The van der Waals surface area contributed by atoms with Crippen LogP contribution in [-0.2, 0) is 14.8 Å². The number of nitrogens with zero attached hydrogens (tertiary/aromatic N) is 1. The number of benzene rings is 1. The molecule has 1 saturated heterocycles. The second-order valence-corrected chi connectivity index (χ2v) is 7.32. The van der Waals surface area contributed by atoms with Gasteiger partial charge in [-0.2, -0.15) is 4.31 Å². The van der Waals surface area contributed by atoms with Gasteiger partial charge in [0.05, 0.1) is 13.2 Å². The van der Waals surface area contributed by atoms with Crippen molar-refractivity contribution in [2.24, 2.45) is 0 Å². The number of carbonyl (C=O) groups excluding carboxylic acids is 1. The summed E-state index contributed by atoms with van der Waals surface area (Å²) in [6.07, 6.45) is 1.84. The van der Waals surface area contributed by atoms with Crippen molar-refractivity contribution in [2.75, 3.05) is 26.3 Å². The van der Waals surface area contributed by atoms with Crippen molar-refractivity contribution in [1.82, 2.24) is 9.62 Å². The van der Waals surface area contributed by atoms with Crippen LogP contribution in [0.3, 0.4) is 0 Å². The number of hydrogen-bond donors (Lipinski definition) is 1. The molecule has 120 valence electrons. The maximum atomic E-state index is 14.0. The average Bonchev–Trinajstić information content (AvgIpc) is 3.32. The molecule has 6 nitrogen and oxygen atoms in total. The van der Waals surface area contributed by atoms with E-state index in [0.717, 1.165) is 25.0 Å². The lowest BCUT2D eigenvalue weighted by Crippen LogP contribution is -2.41. The van der Waals surface area contributed by atoms with Gasteiger partial charge in [0.2, 0.25) is 10.0 Å². The fourth-order valence-corrected chi connectivity index (χ4v) is 3.76. The molecule has 0 radical (unpaired) electrons. The van der Waals surface area contributed by atoms with E-state index in [9.17, 15) is 17.6 Å². The van der Waals surface area contributed by atoms with Crippen molar-refractivity contribution >= 4 is 15.9 Å². The molecule has 3 rings (SSSR count). The van der Waals surface area contributed by atoms with E-state index in [1.165, 1.54) is 10.4 Å². The quantitative estimate of drug-likeness (QED) is 0.884. The molecule has 1 amide bonds. The van der Waals surface area contributed by atoms with Gasteiger partial charge in [0.15, 0.2) is 0 Å². The molecule has 22 heavy (non-hydrogen) atoms. The molecule has 1 aliphatic heterocycles. The molecule has 2 fully saturated rings. The van der Waals surface area contributed by atoms with E-state index in [-0.39, 0.29) is 43.8 Å². The number of hydrogen-bond acceptors (Lipinski definition) is 4. The zero-order chi connectivity index (χ0) is 15.7. The molecule has 0 atom stereocenters. The van der Waals surface area contributed by atoms with Crippen LogP contribution in [0.4, 0.5) is 4.39 Å². The molecule has 1 N–H and O–H groups in total. The van der Waals surface area contributed by atoms with Crippen molar-refractivity contribution in [3.05, 3.63) is 29.6 Å². The third kappa shape index (κ3) is 3.13. The number of sulfonamides is 1. The monoisotopic (exact) mass is 328 g/mol. The summed E-state index contributed by atoms with van der Waals surface area (Å²) in [6, 6.07) is 3.58. The van der Waals surface area contributed by atoms with Gasteiger partial charge in [0, 0.05) is 24.7 Å². The SMILES string of the molecule is O=C(NC1CC1)c1ccc(F)c(S(=O)(=O)N2CCOCC2)c1. The Morgan fingerprint density at radius 1 is 1.27 bits per heavy atom. The number of halogens is 1. The van der Waals surface area contributed by atoms with E-state index in [1.807, 2.05) is 0 Å². The standard InChI is InChI=1S/C14H17FN2O4S/c15-12-4-1-10(14(18)16-11-2-3-11)9-13(12)22(19,20)17-5-7-21-8-6-17/h1,4,9,11H,2-3,5-8H2,(H,16,18). The van der Waals surface area contributed by atoms with Gasteiger partial charge in [-0.25, -0.2) is 12.8 Å². The van der Waals surface area contributed by atoms with Crippen LogP contribution in [0, 0.1) is 5.82 Å². The fourth-order valence-electron chi connectivity index (χ4n) is 2.26. The lowest BCUT2D eigenvalue weighted by molar-refractivity contribution is 0.0729. The summed E-state index contributed by atoms with van der Waals surface area (Å²) < 4.78 is 45.3. The summed E-state index contributed by atoms with van der Waals surface area (Å²) in [7, 11) is -3.96. The minimum atomic E-state index is -3.96. The molecule has 1 aliphatic carbocycles. The van der Waals surface area contributed by atoms with Gasteiger partial charge >= 0.3 is 0 Å². The lowest BCUT2D eigenvalue weighted by Gasteiger charge is -2.26. The number of rotatable bonds is 4. The molecule has 0 spiro atoms. The fraction of sp³-hybridized carbons (Fsp3) is 0.500. The highest BCUT2D eigenvalue weighted by Gasteiger charge is 2.30. The topological polar surface area (TPSA) is 75.7 Å². The van der Waals surface area contributed by atoms with Crippen molar-refractivity contribution in [2.45, 2.75) is 23.8 Å². The molecular weight excluding hydrogens is 311 g/mol. The van der Waals surface area contributed by atoms with Crippen LogP contribution in [0.25, 0.3) is 0 Å². The Kier molecular flexibility index (Phi) is 4.16. The molecule has 0 aromatic heterocycles. The van der Waals surface area contributed by atoms with Crippen molar-refractivity contribution in [1.29, 1.82) is 0 Å². The summed E-state index contributed by atoms with van der Waals surface area (Å²) in [6.45, 7) is 0.923. The highest BCUT2D eigenvalue weighted by Crippen LogP contribution is 2.23. The van der Waals surface area contributed by atoms with E-state index < -0.39 is 20.7 Å². The first-order chi connectivity index (χ1) is 10.5. The Morgan fingerprint density at radius 3 is 2.59 bits per heavy atom. The number of carbonyl (C=O) groups is 1. The largest absolute Gasteiger partial charge is 0.379 e. The number of ether oxygens (including phenoxy) is 1. The van der Waals surface area contributed by atoms with Gasteiger partial charge in [-0.3, -0.25) is 4.79 Å². The zero-order valence-corrected chi connectivity index (χ0v) is 12.7. The molecule has 0 unspecified atom stereocenters. The van der Waals surface area contributed by atoms with E-state index in [1.54, 1.807) is 0 Å². The van der Waals surface area contributed by atoms with Crippen LogP contribution in [0.1, 0.15) is 23.2 Å². The molecule has 1 heterocycles. The highest BCUT2D eigenvalue weighted by molar-refractivity contribution is 7.89. The minimum Gasteiger partial charge on any atom is -0.379 e. The Labute approximate surface area is 128 Å². The third-order valence-corrected chi connectivity index (χ3v) is 5.61. The van der Waals surface area contributed by atoms with Gasteiger partial charge in [0.25, 0.3) is 5.91 Å².